The quantitative estimate of drug-likeness (QED) is 0.567. The summed E-state index contributed by atoms with van der Waals surface area (Å²) in [5.74, 6) is -1.02. The number of hydrogen-bond donors (Lipinski definition) is 3. The van der Waals surface area contributed by atoms with Gasteiger partial charge in [0.05, 0.1) is 13.1 Å². The van der Waals surface area contributed by atoms with E-state index in [9.17, 15) is 9.59 Å². The Bertz CT molecular complexity index is 492. The van der Waals surface area contributed by atoms with Gasteiger partial charge in [-0.15, -0.1) is 0 Å². The first-order valence-electron chi connectivity index (χ1n) is 6.74. The lowest BCUT2D eigenvalue weighted by Gasteiger charge is -2.25. The molecule has 2 amide bonds. The van der Waals surface area contributed by atoms with Crippen LogP contribution in [0.4, 0.5) is 5.69 Å². The summed E-state index contributed by atoms with van der Waals surface area (Å²) in [5, 5.41) is 3.30. The van der Waals surface area contributed by atoms with Crippen LogP contribution in [0.1, 0.15) is 18.9 Å². The molecule has 0 saturated carbocycles. The number of benzene rings is 1. The molecule has 116 valence electrons. The first kappa shape index (κ1) is 17.5. The van der Waals surface area contributed by atoms with Crippen molar-refractivity contribution in [3.05, 3.63) is 28.2 Å². The van der Waals surface area contributed by atoms with E-state index in [4.69, 9.17) is 11.5 Å². The molecule has 0 atom stereocenters. The fourth-order valence-corrected chi connectivity index (χ4v) is 2.41. The molecule has 0 aromatic heterocycles. The molecule has 0 aliphatic rings. The summed E-state index contributed by atoms with van der Waals surface area (Å²) in [6.45, 7) is 3.51. The lowest BCUT2D eigenvalue weighted by molar-refractivity contribution is -0.117. The lowest BCUT2D eigenvalue weighted by atomic mass is 10.1. The average Bonchev–Trinajstić information content (AvgIpc) is 2.37. The third kappa shape index (κ3) is 6.14. The Kier molecular flexibility index (Phi) is 7.18. The molecule has 0 saturated heterocycles. The van der Waals surface area contributed by atoms with Gasteiger partial charge in [-0.2, -0.15) is 0 Å². The smallest absolute Gasteiger partial charge is 0.236 e. The van der Waals surface area contributed by atoms with Crippen LogP contribution < -0.4 is 21.7 Å². The minimum atomic E-state index is -0.508. The van der Waals surface area contributed by atoms with Crippen LogP contribution in [-0.4, -0.2) is 31.4 Å². The number of hydrogen-bond acceptors (Lipinski definition) is 4. The van der Waals surface area contributed by atoms with Gasteiger partial charge in [0, 0.05) is 16.7 Å². The molecule has 1 aromatic carbocycles. The van der Waals surface area contributed by atoms with Crippen molar-refractivity contribution in [3.63, 3.8) is 0 Å². The van der Waals surface area contributed by atoms with Gasteiger partial charge in [0.1, 0.15) is 0 Å². The Morgan fingerprint density at radius 2 is 1.86 bits per heavy atom. The minimum absolute atomic E-state index is 0.0502. The number of nitrogens with two attached hydrogens (primary N) is 2. The summed E-state index contributed by atoms with van der Waals surface area (Å²) >= 11 is 3.43. The van der Waals surface area contributed by atoms with E-state index in [1.807, 2.05) is 18.2 Å². The van der Waals surface area contributed by atoms with Crippen molar-refractivity contribution in [2.24, 2.45) is 11.5 Å². The zero-order valence-corrected chi connectivity index (χ0v) is 13.6. The predicted octanol–water partition coefficient (Wildman–Crippen LogP) is 0.726. The van der Waals surface area contributed by atoms with E-state index < -0.39 is 11.8 Å². The van der Waals surface area contributed by atoms with Crippen molar-refractivity contribution in [1.82, 2.24) is 5.32 Å². The third-order valence-electron chi connectivity index (χ3n) is 2.82. The topological polar surface area (TPSA) is 101 Å². The van der Waals surface area contributed by atoms with Crippen LogP contribution in [0.3, 0.4) is 0 Å². The van der Waals surface area contributed by atoms with Gasteiger partial charge >= 0.3 is 0 Å². The van der Waals surface area contributed by atoms with Crippen LogP contribution >= 0.6 is 15.9 Å². The Hall–Kier alpha value is -1.60. The zero-order chi connectivity index (χ0) is 15.8. The highest BCUT2D eigenvalue weighted by atomic mass is 79.9. The molecule has 0 bridgehead atoms. The number of carbonyl (C=O) groups excluding carboxylic acids is 2. The van der Waals surface area contributed by atoms with Gasteiger partial charge in [0.15, 0.2) is 0 Å². The number of primary amides is 2. The van der Waals surface area contributed by atoms with Gasteiger partial charge < -0.3 is 21.7 Å². The Morgan fingerprint density at radius 3 is 2.38 bits per heavy atom. The molecule has 6 nitrogen and oxygen atoms in total. The van der Waals surface area contributed by atoms with Crippen molar-refractivity contribution < 1.29 is 9.59 Å². The summed E-state index contributed by atoms with van der Waals surface area (Å²) in [4.78, 5) is 24.0. The average molecular weight is 357 g/mol. The van der Waals surface area contributed by atoms with Gasteiger partial charge in [-0.05, 0) is 36.7 Å². The van der Waals surface area contributed by atoms with Crippen molar-refractivity contribution in [1.29, 1.82) is 0 Å². The number of nitrogens with one attached hydrogen (secondary N) is 1. The van der Waals surface area contributed by atoms with E-state index >= 15 is 0 Å². The molecule has 1 aromatic rings. The summed E-state index contributed by atoms with van der Waals surface area (Å²) in [6.07, 6.45) is 1.02. The number of halogens is 1. The molecule has 1 rings (SSSR count). The number of anilines is 1. The molecule has 5 N–H and O–H groups in total. The van der Waals surface area contributed by atoms with Crippen molar-refractivity contribution >= 4 is 33.4 Å². The molecule has 7 heteroatoms. The van der Waals surface area contributed by atoms with E-state index in [0.29, 0.717) is 6.54 Å². The highest BCUT2D eigenvalue weighted by Crippen LogP contribution is 2.24. The second-order valence-electron chi connectivity index (χ2n) is 4.74. The second-order valence-corrected chi connectivity index (χ2v) is 5.65. The highest BCUT2D eigenvalue weighted by Gasteiger charge is 2.15. The van der Waals surface area contributed by atoms with Crippen LogP contribution in [0, 0.1) is 0 Å². The molecule has 0 unspecified atom stereocenters. The van der Waals surface area contributed by atoms with Crippen LogP contribution in [0.25, 0.3) is 0 Å². The van der Waals surface area contributed by atoms with Crippen molar-refractivity contribution in [2.45, 2.75) is 19.9 Å². The van der Waals surface area contributed by atoms with Gasteiger partial charge in [-0.25, -0.2) is 0 Å². The Labute approximate surface area is 133 Å². The molecule has 0 aliphatic heterocycles. The molecule has 0 spiro atoms. The van der Waals surface area contributed by atoms with Crippen LogP contribution in [0.5, 0.6) is 0 Å². The molecule has 0 fully saturated rings. The minimum Gasteiger partial charge on any atom is -0.368 e. The maximum absolute atomic E-state index is 11.2. The normalized spacial score (nSPS) is 10.4. The van der Waals surface area contributed by atoms with E-state index in [1.165, 1.54) is 0 Å². The maximum Gasteiger partial charge on any atom is 0.236 e. The molecule has 0 aliphatic carbocycles. The number of nitrogens with zero attached hydrogens (tertiary/aromatic N) is 1. The summed E-state index contributed by atoms with van der Waals surface area (Å²) in [6, 6.07) is 5.65. The van der Waals surface area contributed by atoms with E-state index in [0.717, 1.165) is 28.7 Å². The van der Waals surface area contributed by atoms with Crippen LogP contribution in [0.15, 0.2) is 22.7 Å². The van der Waals surface area contributed by atoms with Crippen molar-refractivity contribution in [2.75, 3.05) is 24.5 Å². The molecule has 0 radical (unpaired) electrons. The van der Waals surface area contributed by atoms with E-state index in [1.54, 1.807) is 4.90 Å². The van der Waals surface area contributed by atoms with E-state index in [2.05, 4.69) is 28.2 Å². The Morgan fingerprint density at radius 1 is 1.24 bits per heavy atom. The lowest BCUT2D eigenvalue weighted by Crippen LogP contribution is -2.40. The fraction of sp³-hybridized carbons (Fsp3) is 0.429. The summed E-state index contributed by atoms with van der Waals surface area (Å²) < 4.78 is 0.928. The SMILES string of the molecule is CCCNCc1cc(Br)ccc1N(CC(N)=O)CC(N)=O. The van der Waals surface area contributed by atoms with E-state index in [-0.39, 0.29) is 13.1 Å². The summed E-state index contributed by atoms with van der Waals surface area (Å²) in [5.41, 5.74) is 12.3. The maximum atomic E-state index is 11.2. The predicted molar refractivity (Wildman–Crippen MR) is 86.7 cm³/mol. The van der Waals surface area contributed by atoms with Crippen LogP contribution in [-0.2, 0) is 16.1 Å². The third-order valence-corrected chi connectivity index (χ3v) is 3.31. The van der Waals surface area contributed by atoms with Crippen molar-refractivity contribution in [3.8, 4) is 0 Å². The fourth-order valence-electron chi connectivity index (χ4n) is 2.01. The standard InChI is InChI=1S/C14H21BrN4O2/c1-2-5-18-7-10-6-11(15)3-4-12(10)19(8-13(16)20)9-14(17)21/h3-4,6,18H,2,5,7-9H2,1H3,(H2,16,20)(H2,17,21). The molecular formula is C14H21BrN4O2. The summed E-state index contributed by atoms with van der Waals surface area (Å²) in [7, 11) is 0. The van der Waals surface area contributed by atoms with Gasteiger partial charge in [0.25, 0.3) is 0 Å². The molecular weight excluding hydrogens is 336 g/mol. The Balaban J connectivity index is 3.03. The first-order chi connectivity index (χ1) is 9.93. The monoisotopic (exact) mass is 356 g/mol. The second kappa shape index (κ2) is 8.63. The number of amides is 2. The first-order valence-corrected chi connectivity index (χ1v) is 7.54. The number of carbonyl (C=O) groups is 2. The van der Waals surface area contributed by atoms with Gasteiger partial charge in [-0.1, -0.05) is 22.9 Å². The zero-order valence-electron chi connectivity index (χ0n) is 12.1. The van der Waals surface area contributed by atoms with Gasteiger partial charge in [0.2, 0.25) is 11.8 Å². The molecule has 21 heavy (non-hydrogen) atoms. The largest absolute Gasteiger partial charge is 0.368 e. The van der Waals surface area contributed by atoms with Crippen LogP contribution in [0.2, 0.25) is 0 Å². The molecule has 0 heterocycles. The highest BCUT2D eigenvalue weighted by molar-refractivity contribution is 9.10. The van der Waals surface area contributed by atoms with Gasteiger partial charge in [-0.3, -0.25) is 9.59 Å². The number of rotatable bonds is 9.